The highest BCUT2D eigenvalue weighted by Crippen LogP contribution is 2.32. The van der Waals surface area contributed by atoms with Gasteiger partial charge in [-0.15, -0.1) is 0 Å². The smallest absolute Gasteiger partial charge is 0.254 e. The molecule has 1 amide bonds. The zero-order valence-corrected chi connectivity index (χ0v) is 14.6. The molecule has 0 saturated carbocycles. The highest BCUT2D eigenvalue weighted by atomic mass is 16.7. The van der Waals surface area contributed by atoms with Crippen LogP contribution in [0.25, 0.3) is 6.08 Å². The summed E-state index contributed by atoms with van der Waals surface area (Å²) in [5.41, 5.74) is 1.87. The van der Waals surface area contributed by atoms with Gasteiger partial charge in [0.1, 0.15) is 0 Å². The van der Waals surface area contributed by atoms with E-state index in [2.05, 4.69) is 29.2 Å². The van der Waals surface area contributed by atoms with Gasteiger partial charge in [-0.05, 0) is 23.8 Å². The number of nitrogens with zero attached hydrogens (tertiary/aromatic N) is 2. The number of carbonyl (C=O) groups excluding carboxylic acids is 1. The van der Waals surface area contributed by atoms with Crippen LogP contribution in [0.2, 0.25) is 0 Å². The molecule has 134 valence electrons. The second kappa shape index (κ2) is 7.62. The molecular formula is C21H22N2O3. The number of hydrogen-bond donors (Lipinski definition) is 0. The molecule has 2 heterocycles. The predicted octanol–water partition coefficient (Wildman–Crippen LogP) is 2.89. The van der Waals surface area contributed by atoms with Crippen molar-refractivity contribution in [1.82, 2.24) is 9.80 Å². The fourth-order valence-electron chi connectivity index (χ4n) is 3.25. The van der Waals surface area contributed by atoms with Crippen molar-refractivity contribution in [2.75, 3.05) is 39.5 Å². The molecule has 5 nitrogen and oxygen atoms in total. The second-order valence-electron chi connectivity index (χ2n) is 6.47. The summed E-state index contributed by atoms with van der Waals surface area (Å²) in [6.07, 6.45) is 4.33. The maximum absolute atomic E-state index is 12.7. The maximum atomic E-state index is 12.7. The van der Waals surface area contributed by atoms with Crippen LogP contribution in [-0.4, -0.2) is 55.2 Å². The maximum Gasteiger partial charge on any atom is 0.254 e. The molecule has 2 aromatic carbocycles. The average Bonchev–Trinajstić information content (AvgIpc) is 3.17. The Morgan fingerprint density at radius 2 is 1.73 bits per heavy atom. The minimum atomic E-state index is 0.0581. The van der Waals surface area contributed by atoms with Crippen LogP contribution in [0.15, 0.2) is 54.6 Å². The van der Waals surface area contributed by atoms with Crippen LogP contribution in [0.1, 0.15) is 15.9 Å². The number of carbonyl (C=O) groups is 1. The normalized spacial score (nSPS) is 17.0. The Hall–Kier alpha value is -2.79. The van der Waals surface area contributed by atoms with Gasteiger partial charge in [0.2, 0.25) is 6.79 Å². The average molecular weight is 350 g/mol. The Labute approximate surface area is 153 Å². The first-order valence-corrected chi connectivity index (χ1v) is 8.92. The van der Waals surface area contributed by atoms with E-state index >= 15 is 0 Å². The van der Waals surface area contributed by atoms with Crippen LogP contribution in [-0.2, 0) is 0 Å². The fraction of sp³-hybridized carbons (Fsp3) is 0.286. The number of benzene rings is 2. The van der Waals surface area contributed by atoms with Crippen LogP contribution in [0.4, 0.5) is 0 Å². The molecule has 0 N–H and O–H groups in total. The summed E-state index contributed by atoms with van der Waals surface area (Å²) in [5, 5.41) is 0. The molecule has 0 spiro atoms. The van der Waals surface area contributed by atoms with E-state index < -0.39 is 0 Å². The SMILES string of the molecule is O=C(c1ccc2c(c1)OCO2)N1CCN(C/C=C\c2ccccc2)CC1. The van der Waals surface area contributed by atoms with Gasteiger partial charge in [-0.1, -0.05) is 42.5 Å². The Kier molecular flexibility index (Phi) is 4.88. The molecule has 0 aliphatic carbocycles. The third-order valence-corrected chi connectivity index (χ3v) is 4.75. The van der Waals surface area contributed by atoms with Crippen molar-refractivity contribution < 1.29 is 14.3 Å². The van der Waals surface area contributed by atoms with Gasteiger partial charge in [0.25, 0.3) is 5.91 Å². The lowest BCUT2D eigenvalue weighted by molar-refractivity contribution is 0.0650. The first-order valence-electron chi connectivity index (χ1n) is 8.92. The van der Waals surface area contributed by atoms with Crippen molar-refractivity contribution in [3.63, 3.8) is 0 Å². The van der Waals surface area contributed by atoms with Crippen molar-refractivity contribution in [1.29, 1.82) is 0 Å². The van der Waals surface area contributed by atoms with Crippen molar-refractivity contribution in [2.24, 2.45) is 0 Å². The molecule has 1 fully saturated rings. The van der Waals surface area contributed by atoms with Crippen molar-refractivity contribution in [3.8, 4) is 11.5 Å². The molecule has 0 aromatic heterocycles. The summed E-state index contributed by atoms with van der Waals surface area (Å²) >= 11 is 0. The van der Waals surface area contributed by atoms with E-state index in [0.29, 0.717) is 17.1 Å². The molecule has 1 saturated heterocycles. The van der Waals surface area contributed by atoms with E-state index in [4.69, 9.17) is 9.47 Å². The lowest BCUT2D eigenvalue weighted by Gasteiger charge is -2.34. The van der Waals surface area contributed by atoms with E-state index in [1.54, 1.807) is 12.1 Å². The van der Waals surface area contributed by atoms with Crippen LogP contribution < -0.4 is 9.47 Å². The predicted molar refractivity (Wildman–Crippen MR) is 100 cm³/mol. The first-order chi connectivity index (χ1) is 12.8. The summed E-state index contributed by atoms with van der Waals surface area (Å²) in [6, 6.07) is 15.7. The quantitative estimate of drug-likeness (QED) is 0.850. The number of amides is 1. The van der Waals surface area contributed by atoms with Crippen molar-refractivity contribution >= 4 is 12.0 Å². The van der Waals surface area contributed by atoms with Crippen LogP contribution in [0.3, 0.4) is 0 Å². The Morgan fingerprint density at radius 1 is 0.962 bits per heavy atom. The van der Waals surface area contributed by atoms with Gasteiger partial charge in [0.05, 0.1) is 0 Å². The van der Waals surface area contributed by atoms with E-state index in [1.165, 1.54) is 5.56 Å². The summed E-state index contributed by atoms with van der Waals surface area (Å²) in [4.78, 5) is 17.0. The molecule has 4 rings (SSSR count). The Bertz CT molecular complexity index is 796. The number of hydrogen-bond acceptors (Lipinski definition) is 4. The van der Waals surface area contributed by atoms with E-state index in [0.717, 1.165) is 32.7 Å². The molecule has 0 bridgehead atoms. The minimum Gasteiger partial charge on any atom is -0.454 e. The van der Waals surface area contributed by atoms with Gasteiger partial charge in [-0.25, -0.2) is 0 Å². The zero-order chi connectivity index (χ0) is 17.8. The number of piperazine rings is 1. The van der Waals surface area contributed by atoms with Gasteiger partial charge >= 0.3 is 0 Å². The topological polar surface area (TPSA) is 42.0 Å². The van der Waals surface area contributed by atoms with Gasteiger partial charge in [0.15, 0.2) is 11.5 Å². The van der Waals surface area contributed by atoms with Crippen LogP contribution in [0.5, 0.6) is 11.5 Å². The number of rotatable bonds is 4. The lowest BCUT2D eigenvalue weighted by atomic mass is 10.1. The molecule has 5 heteroatoms. The highest BCUT2D eigenvalue weighted by Gasteiger charge is 2.23. The summed E-state index contributed by atoms with van der Waals surface area (Å²) in [7, 11) is 0. The highest BCUT2D eigenvalue weighted by molar-refractivity contribution is 5.95. The van der Waals surface area contributed by atoms with E-state index in [9.17, 15) is 4.79 Å². The zero-order valence-electron chi connectivity index (χ0n) is 14.6. The minimum absolute atomic E-state index is 0.0581. The largest absolute Gasteiger partial charge is 0.454 e. The van der Waals surface area contributed by atoms with Crippen LogP contribution in [0, 0.1) is 0 Å². The lowest BCUT2D eigenvalue weighted by Crippen LogP contribution is -2.48. The number of fused-ring (bicyclic) bond motifs is 1. The summed E-state index contributed by atoms with van der Waals surface area (Å²) < 4.78 is 10.7. The third kappa shape index (κ3) is 3.73. The molecule has 2 aromatic rings. The molecule has 0 atom stereocenters. The van der Waals surface area contributed by atoms with Crippen LogP contribution >= 0.6 is 0 Å². The van der Waals surface area contributed by atoms with E-state index in [1.807, 2.05) is 29.2 Å². The number of ether oxygens (including phenoxy) is 2. The monoisotopic (exact) mass is 350 g/mol. The molecule has 26 heavy (non-hydrogen) atoms. The second-order valence-corrected chi connectivity index (χ2v) is 6.47. The summed E-state index contributed by atoms with van der Waals surface area (Å²) in [5.74, 6) is 1.42. The fourth-order valence-corrected chi connectivity index (χ4v) is 3.25. The molecule has 0 radical (unpaired) electrons. The van der Waals surface area contributed by atoms with Gasteiger partial charge < -0.3 is 14.4 Å². The van der Waals surface area contributed by atoms with Gasteiger partial charge in [-0.2, -0.15) is 0 Å². The standard InChI is InChI=1S/C21H22N2O3/c24-21(18-8-9-19-20(15-18)26-16-25-19)23-13-11-22(12-14-23)10-4-7-17-5-2-1-3-6-17/h1-9,15H,10-14,16H2/b7-4-. The molecular weight excluding hydrogens is 328 g/mol. The Morgan fingerprint density at radius 3 is 2.54 bits per heavy atom. The third-order valence-electron chi connectivity index (χ3n) is 4.75. The van der Waals surface area contributed by atoms with Crippen molar-refractivity contribution in [2.45, 2.75) is 0 Å². The molecule has 0 unspecified atom stereocenters. The van der Waals surface area contributed by atoms with Gasteiger partial charge in [0, 0.05) is 38.3 Å². The van der Waals surface area contributed by atoms with Gasteiger partial charge in [-0.3, -0.25) is 9.69 Å². The Balaban J connectivity index is 1.29. The van der Waals surface area contributed by atoms with Crippen molar-refractivity contribution in [3.05, 3.63) is 65.7 Å². The summed E-state index contributed by atoms with van der Waals surface area (Å²) in [6.45, 7) is 4.38. The first kappa shape index (κ1) is 16.7. The molecule has 2 aliphatic rings. The molecule has 2 aliphatic heterocycles. The van der Waals surface area contributed by atoms with E-state index in [-0.39, 0.29) is 12.7 Å².